The predicted octanol–water partition coefficient (Wildman–Crippen LogP) is 3.29. The largest absolute Gasteiger partial charge is 0.351 e. The van der Waals surface area contributed by atoms with Crippen LogP contribution in [0.3, 0.4) is 0 Å². The summed E-state index contributed by atoms with van der Waals surface area (Å²) < 4.78 is 0. The van der Waals surface area contributed by atoms with Crippen LogP contribution < -0.4 is 4.90 Å². The average molecular weight is 245 g/mol. The molecule has 0 N–H and O–H groups in total. The van der Waals surface area contributed by atoms with Crippen LogP contribution in [0.1, 0.15) is 46.1 Å². The topological polar surface area (TPSA) is 28.5 Å². The van der Waals surface area contributed by atoms with Crippen LogP contribution in [0, 0.1) is 0 Å². The highest BCUT2D eigenvalue weighted by Crippen LogP contribution is 2.25. The van der Waals surface area contributed by atoms with E-state index in [1.54, 1.807) is 0 Å². The lowest BCUT2D eigenvalue weighted by atomic mass is 10.1. The van der Waals surface area contributed by atoms with E-state index in [0.29, 0.717) is 12.1 Å². The minimum Gasteiger partial charge on any atom is -0.351 e. The molecular weight excluding hydrogens is 222 g/mol. The molecule has 0 fully saturated rings. The zero-order valence-corrected chi connectivity index (χ0v) is 11.8. The molecule has 0 saturated heterocycles. The average Bonchev–Trinajstić information content (AvgIpc) is 2.82. The first-order valence-electron chi connectivity index (χ1n) is 6.88. The summed E-state index contributed by atoms with van der Waals surface area (Å²) in [4.78, 5) is 11.6. The number of aromatic nitrogens is 1. The van der Waals surface area contributed by atoms with E-state index in [0.717, 1.165) is 18.8 Å². The quantitative estimate of drug-likeness (QED) is 0.814. The number of nitrogens with zero attached hydrogens (tertiary/aromatic N) is 3. The van der Waals surface area contributed by atoms with E-state index in [-0.39, 0.29) is 0 Å². The number of hydrogen-bond acceptors (Lipinski definition) is 3. The summed E-state index contributed by atoms with van der Waals surface area (Å²) in [6.07, 6.45) is 4.14. The Morgan fingerprint density at radius 3 is 2.44 bits per heavy atom. The van der Waals surface area contributed by atoms with E-state index in [1.165, 1.54) is 17.7 Å². The number of rotatable bonds is 4. The van der Waals surface area contributed by atoms with Gasteiger partial charge in [-0.05, 0) is 52.7 Å². The lowest BCUT2D eigenvalue weighted by Gasteiger charge is -2.33. The standard InChI is InChI=1S/C15H23N3/c1-11(2)18(12(3)4)15-13(7-5-10-17-15)14-8-6-9-16-14/h5,7,10-12H,6,8-9H2,1-4H3. The van der Waals surface area contributed by atoms with Gasteiger partial charge in [-0.2, -0.15) is 0 Å². The SMILES string of the molecule is CC(C)N(c1ncccc1C1=NCCC1)C(C)C. The minimum atomic E-state index is 0.445. The second kappa shape index (κ2) is 5.51. The highest BCUT2D eigenvalue weighted by molar-refractivity contribution is 6.05. The molecular formula is C15H23N3. The molecule has 1 aliphatic rings. The fraction of sp³-hybridized carbons (Fsp3) is 0.600. The van der Waals surface area contributed by atoms with Gasteiger partial charge >= 0.3 is 0 Å². The van der Waals surface area contributed by atoms with Crippen molar-refractivity contribution >= 4 is 11.5 Å². The van der Waals surface area contributed by atoms with Crippen molar-refractivity contribution < 1.29 is 0 Å². The van der Waals surface area contributed by atoms with Gasteiger partial charge in [0.2, 0.25) is 0 Å². The van der Waals surface area contributed by atoms with Crippen molar-refractivity contribution in [2.45, 2.75) is 52.6 Å². The van der Waals surface area contributed by atoms with Crippen molar-refractivity contribution in [2.75, 3.05) is 11.4 Å². The number of pyridine rings is 1. The fourth-order valence-electron chi connectivity index (χ4n) is 2.67. The minimum absolute atomic E-state index is 0.445. The molecule has 1 aromatic rings. The van der Waals surface area contributed by atoms with Gasteiger partial charge in [-0.15, -0.1) is 0 Å². The van der Waals surface area contributed by atoms with Gasteiger partial charge in [0, 0.05) is 36.1 Å². The van der Waals surface area contributed by atoms with Crippen LogP contribution in [0.25, 0.3) is 0 Å². The van der Waals surface area contributed by atoms with E-state index in [4.69, 9.17) is 0 Å². The van der Waals surface area contributed by atoms with Crippen molar-refractivity contribution in [3.05, 3.63) is 23.9 Å². The molecule has 2 heterocycles. The van der Waals surface area contributed by atoms with Crippen molar-refractivity contribution in [1.82, 2.24) is 4.98 Å². The maximum Gasteiger partial charge on any atom is 0.138 e. The Balaban J connectivity index is 2.43. The Morgan fingerprint density at radius 2 is 1.89 bits per heavy atom. The van der Waals surface area contributed by atoms with Gasteiger partial charge in [0.1, 0.15) is 5.82 Å². The zero-order valence-electron chi connectivity index (χ0n) is 11.8. The van der Waals surface area contributed by atoms with Crippen molar-refractivity contribution in [1.29, 1.82) is 0 Å². The smallest absolute Gasteiger partial charge is 0.138 e. The number of aliphatic imine (C=N–C) groups is 1. The summed E-state index contributed by atoms with van der Waals surface area (Å²) in [5, 5.41) is 0. The molecule has 18 heavy (non-hydrogen) atoms. The molecule has 0 atom stereocenters. The second-order valence-corrected chi connectivity index (χ2v) is 5.40. The van der Waals surface area contributed by atoms with Crippen LogP contribution >= 0.6 is 0 Å². The molecule has 98 valence electrons. The van der Waals surface area contributed by atoms with Gasteiger partial charge in [0.15, 0.2) is 0 Å². The summed E-state index contributed by atoms with van der Waals surface area (Å²) >= 11 is 0. The Hall–Kier alpha value is -1.38. The number of hydrogen-bond donors (Lipinski definition) is 0. The Kier molecular flexibility index (Phi) is 4.00. The van der Waals surface area contributed by atoms with Crippen molar-refractivity contribution in [2.24, 2.45) is 4.99 Å². The summed E-state index contributed by atoms with van der Waals surface area (Å²) in [6.45, 7) is 9.83. The van der Waals surface area contributed by atoms with E-state index in [1.807, 2.05) is 12.3 Å². The van der Waals surface area contributed by atoms with Gasteiger partial charge in [-0.1, -0.05) is 0 Å². The molecule has 0 radical (unpaired) electrons. The molecule has 2 rings (SSSR count). The molecule has 0 aliphatic carbocycles. The third kappa shape index (κ3) is 2.55. The molecule has 0 aromatic carbocycles. The normalized spacial score (nSPS) is 15.3. The van der Waals surface area contributed by atoms with E-state index in [9.17, 15) is 0 Å². The third-order valence-corrected chi connectivity index (χ3v) is 3.33. The monoisotopic (exact) mass is 245 g/mol. The van der Waals surface area contributed by atoms with Gasteiger partial charge in [0.25, 0.3) is 0 Å². The predicted molar refractivity (Wildman–Crippen MR) is 77.6 cm³/mol. The van der Waals surface area contributed by atoms with Crippen LogP contribution in [0.2, 0.25) is 0 Å². The van der Waals surface area contributed by atoms with Gasteiger partial charge in [-0.25, -0.2) is 4.98 Å². The first-order chi connectivity index (χ1) is 8.61. The van der Waals surface area contributed by atoms with Crippen LogP contribution in [0.15, 0.2) is 23.3 Å². The van der Waals surface area contributed by atoms with Crippen LogP contribution in [0.5, 0.6) is 0 Å². The molecule has 0 saturated carbocycles. The molecule has 0 unspecified atom stereocenters. The lowest BCUT2D eigenvalue weighted by Crippen LogP contribution is -2.38. The van der Waals surface area contributed by atoms with Gasteiger partial charge in [0.05, 0.1) is 0 Å². The Morgan fingerprint density at radius 1 is 1.17 bits per heavy atom. The van der Waals surface area contributed by atoms with Gasteiger partial charge < -0.3 is 4.90 Å². The van der Waals surface area contributed by atoms with E-state index in [2.05, 4.69) is 48.6 Å². The van der Waals surface area contributed by atoms with Crippen LogP contribution in [-0.4, -0.2) is 29.3 Å². The molecule has 0 bridgehead atoms. The first-order valence-corrected chi connectivity index (χ1v) is 6.88. The van der Waals surface area contributed by atoms with Gasteiger partial charge in [-0.3, -0.25) is 4.99 Å². The summed E-state index contributed by atoms with van der Waals surface area (Å²) in [6, 6.07) is 5.06. The molecule has 3 heteroatoms. The Labute approximate surface area is 110 Å². The maximum absolute atomic E-state index is 4.62. The summed E-state index contributed by atoms with van der Waals surface area (Å²) in [7, 11) is 0. The summed E-state index contributed by atoms with van der Waals surface area (Å²) in [5.74, 6) is 1.09. The lowest BCUT2D eigenvalue weighted by molar-refractivity contribution is 0.600. The highest BCUT2D eigenvalue weighted by Gasteiger charge is 2.21. The molecule has 3 nitrogen and oxygen atoms in total. The number of anilines is 1. The molecule has 1 aromatic heterocycles. The molecule has 1 aliphatic heterocycles. The third-order valence-electron chi connectivity index (χ3n) is 3.33. The molecule has 0 spiro atoms. The highest BCUT2D eigenvalue weighted by atomic mass is 15.2. The van der Waals surface area contributed by atoms with Crippen LogP contribution in [-0.2, 0) is 0 Å². The summed E-state index contributed by atoms with van der Waals surface area (Å²) in [5.41, 5.74) is 2.45. The van der Waals surface area contributed by atoms with Crippen LogP contribution in [0.4, 0.5) is 5.82 Å². The van der Waals surface area contributed by atoms with Crippen molar-refractivity contribution in [3.63, 3.8) is 0 Å². The van der Waals surface area contributed by atoms with E-state index >= 15 is 0 Å². The maximum atomic E-state index is 4.62. The van der Waals surface area contributed by atoms with E-state index < -0.39 is 0 Å². The second-order valence-electron chi connectivity index (χ2n) is 5.40. The first kappa shape index (κ1) is 13.1. The Bertz CT molecular complexity index is 427. The fourth-order valence-corrected chi connectivity index (χ4v) is 2.67. The molecule has 0 amide bonds. The zero-order chi connectivity index (χ0) is 13.1. The van der Waals surface area contributed by atoms with Crippen molar-refractivity contribution in [3.8, 4) is 0 Å².